The molecule has 0 radical (unpaired) electrons. The second-order valence-corrected chi connectivity index (χ2v) is 3.32. The molecule has 0 aromatic carbocycles. The van der Waals surface area contributed by atoms with Crippen molar-refractivity contribution >= 4 is 0 Å². The number of hydrogen-bond acceptors (Lipinski definition) is 2. The van der Waals surface area contributed by atoms with Crippen molar-refractivity contribution in [2.75, 3.05) is 0 Å². The van der Waals surface area contributed by atoms with Crippen LogP contribution in [-0.4, -0.2) is 9.97 Å². The number of aryl methyl sites for hydroxylation is 1. The van der Waals surface area contributed by atoms with E-state index in [-0.39, 0.29) is 0 Å². The van der Waals surface area contributed by atoms with Gasteiger partial charge in [0.2, 0.25) is 0 Å². The van der Waals surface area contributed by atoms with E-state index in [1.165, 1.54) is 11.1 Å². The fourth-order valence-electron chi connectivity index (χ4n) is 1.39. The summed E-state index contributed by atoms with van der Waals surface area (Å²) < 4.78 is 0. The Labute approximate surface area is 96.7 Å². The number of nitrogens with zero attached hydrogens (tertiary/aromatic N) is 2. The van der Waals surface area contributed by atoms with Crippen LogP contribution in [0, 0.1) is 13.8 Å². The molecule has 0 amide bonds. The maximum atomic E-state index is 4.35. The Hall–Kier alpha value is -1.96. The van der Waals surface area contributed by atoms with E-state index in [4.69, 9.17) is 0 Å². The highest BCUT2D eigenvalue weighted by atomic mass is 14.8. The molecular formula is C14H16N2. The Bertz CT molecular complexity index is 450. The first-order valence-electron chi connectivity index (χ1n) is 5.12. The van der Waals surface area contributed by atoms with Crippen LogP contribution in [0.2, 0.25) is 0 Å². The van der Waals surface area contributed by atoms with Crippen LogP contribution >= 0.6 is 0 Å². The molecule has 82 valence electrons. The van der Waals surface area contributed by atoms with E-state index >= 15 is 0 Å². The van der Waals surface area contributed by atoms with Gasteiger partial charge in [-0.1, -0.05) is 6.07 Å². The molecule has 2 heterocycles. The molecule has 0 aliphatic rings. The van der Waals surface area contributed by atoms with E-state index < -0.39 is 0 Å². The lowest BCUT2D eigenvalue weighted by Gasteiger charge is -2.05. The largest absolute Gasteiger partial charge is 0.255 e. The summed E-state index contributed by atoms with van der Waals surface area (Å²) in [6, 6.07) is 7.89. The van der Waals surface area contributed by atoms with Gasteiger partial charge in [-0.15, -0.1) is 13.2 Å². The van der Waals surface area contributed by atoms with Crippen molar-refractivity contribution in [3.63, 3.8) is 0 Å². The van der Waals surface area contributed by atoms with E-state index in [0.717, 1.165) is 11.4 Å². The minimum atomic E-state index is 0.939. The van der Waals surface area contributed by atoms with E-state index in [0.29, 0.717) is 0 Å². The van der Waals surface area contributed by atoms with Crippen LogP contribution in [0.3, 0.4) is 0 Å². The topological polar surface area (TPSA) is 25.8 Å². The predicted molar refractivity (Wildman–Crippen MR) is 68.2 cm³/mol. The molecule has 2 heteroatoms. The zero-order valence-electron chi connectivity index (χ0n) is 9.77. The second kappa shape index (κ2) is 5.81. The first-order chi connectivity index (χ1) is 7.79. The molecule has 0 fully saturated rings. The molecule has 0 aliphatic carbocycles. The highest BCUT2D eigenvalue weighted by molar-refractivity contribution is 5.59. The van der Waals surface area contributed by atoms with Gasteiger partial charge < -0.3 is 0 Å². The molecule has 0 spiro atoms. The summed E-state index contributed by atoms with van der Waals surface area (Å²) >= 11 is 0. The Morgan fingerprint density at radius 3 is 2.31 bits per heavy atom. The molecule has 0 N–H and O–H groups in total. The molecule has 0 saturated carbocycles. The Morgan fingerprint density at radius 2 is 1.69 bits per heavy atom. The van der Waals surface area contributed by atoms with Crippen LogP contribution < -0.4 is 0 Å². The lowest BCUT2D eigenvalue weighted by atomic mass is 10.1. The molecule has 0 saturated heterocycles. The first-order valence-corrected chi connectivity index (χ1v) is 5.12. The summed E-state index contributed by atoms with van der Waals surface area (Å²) in [6.45, 7) is 10.2. The lowest BCUT2D eigenvalue weighted by molar-refractivity contribution is 1.18. The molecule has 0 atom stereocenters. The monoisotopic (exact) mass is 212 g/mol. The van der Waals surface area contributed by atoms with Crippen molar-refractivity contribution in [1.29, 1.82) is 0 Å². The van der Waals surface area contributed by atoms with Gasteiger partial charge >= 0.3 is 0 Å². The highest BCUT2D eigenvalue weighted by Crippen LogP contribution is 2.19. The Balaban J connectivity index is 0.000000606. The van der Waals surface area contributed by atoms with Crippen molar-refractivity contribution in [2.45, 2.75) is 13.8 Å². The second-order valence-electron chi connectivity index (χ2n) is 3.32. The summed E-state index contributed by atoms with van der Waals surface area (Å²) in [6.07, 6.45) is 3.62. The Kier molecular flexibility index (Phi) is 4.40. The van der Waals surface area contributed by atoms with Crippen LogP contribution in [0.1, 0.15) is 11.1 Å². The van der Waals surface area contributed by atoms with Crippen LogP contribution in [0.15, 0.2) is 49.8 Å². The van der Waals surface area contributed by atoms with Crippen LogP contribution in [0.4, 0.5) is 0 Å². The van der Waals surface area contributed by atoms with Gasteiger partial charge in [0.15, 0.2) is 0 Å². The summed E-state index contributed by atoms with van der Waals surface area (Å²) in [4.78, 5) is 8.64. The molecule has 0 bridgehead atoms. The number of hydrogen-bond donors (Lipinski definition) is 0. The van der Waals surface area contributed by atoms with Crippen molar-refractivity contribution in [1.82, 2.24) is 9.97 Å². The molecular weight excluding hydrogens is 196 g/mol. The van der Waals surface area contributed by atoms with Crippen LogP contribution in [0.5, 0.6) is 0 Å². The van der Waals surface area contributed by atoms with Gasteiger partial charge in [0.05, 0.1) is 11.4 Å². The maximum Gasteiger partial charge on any atom is 0.0917 e. The molecule has 16 heavy (non-hydrogen) atoms. The molecule has 0 unspecified atom stereocenters. The van der Waals surface area contributed by atoms with Crippen molar-refractivity contribution < 1.29 is 0 Å². The predicted octanol–water partition coefficient (Wildman–Crippen LogP) is 3.56. The molecule has 2 rings (SSSR count). The van der Waals surface area contributed by atoms with E-state index in [1.807, 2.05) is 30.5 Å². The maximum absolute atomic E-state index is 4.35. The van der Waals surface area contributed by atoms with Gasteiger partial charge in [-0.25, -0.2) is 0 Å². The molecule has 2 aromatic heterocycles. The van der Waals surface area contributed by atoms with Crippen LogP contribution in [-0.2, 0) is 0 Å². The minimum absolute atomic E-state index is 0.939. The molecule has 0 aliphatic heterocycles. The van der Waals surface area contributed by atoms with Gasteiger partial charge in [0, 0.05) is 12.4 Å². The average Bonchev–Trinajstić information content (AvgIpc) is 2.36. The third-order valence-corrected chi connectivity index (χ3v) is 2.38. The van der Waals surface area contributed by atoms with Gasteiger partial charge in [-0.2, -0.15) is 0 Å². The minimum Gasteiger partial charge on any atom is -0.255 e. The van der Waals surface area contributed by atoms with E-state index in [9.17, 15) is 0 Å². The van der Waals surface area contributed by atoms with Crippen molar-refractivity contribution in [3.05, 3.63) is 60.9 Å². The van der Waals surface area contributed by atoms with E-state index in [2.05, 4.69) is 37.0 Å². The normalized spacial score (nSPS) is 9.12. The van der Waals surface area contributed by atoms with Crippen LogP contribution in [0.25, 0.3) is 11.4 Å². The summed E-state index contributed by atoms with van der Waals surface area (Å²) in [5, 5.41) is 0. The quantitative estimate of drug-likeness (QED) is 0.675. The fourth-order valence-corrected chi connectivity index (χ4v) is 1.39. The number of aromatic nitrogens is 2. The zero-order chi connectivity index (χ0) is 12.0. The molecule has 2 nitrogen and oxygen atoms in total. The lowest BCUT2D eigenvalue weighted by Crippen LogP contribution is -1.92. The van der Waals surface area contributed by atoms with Gasteiger partial charge in [0.25, 0.3) is 0 Å². The third-order valence-electron chi connectivity index (χ3n) is 2.38. The Morgan fingerprint density at radius 1 is 0.938 bits per heavy atom. The number of rotatable bonds is 1. The standard InChI is InChI=1S/C12H12N2.C2H4/c1-9-6-8-14-12(10(9)2)11-5-3-4-7-13-11;1-2/h3-8H,1-2H3;1-2H2. The first kappa shape index (κ1) is 12.1. The molecule has 2 aromatic rings. The summed E-state index contributed by atoms with van der Waals surface area (Å²) in [5.41, 5.74) is 4.37. The highest BCUT2D eigenvalue weighted by Gasteiger charge is 2.04. The summed E-state index contributed by atoms with van der Waals surface area (Å²) in [7, 11) is 0. The van der Waals surface area contributed by atoms with Crippen molar-refractivity contribution in [2.24, 2.45) is 0 Å². The average molecular weight is 212 g/mol. The fraction of sp³-hybridized carbons (Fsp3) is 0.143. The summed E-state index contributed by atoms with van der Waals surface area (Å²) in [5.74, 6) is 0. The third kappa shape index (κ3) is 2.54. The van der Waals surface area contributed by atoms with Crippen molar-refractivity contribution in [3.8, 4) is 11.4 Å². The zero-order valence-corrected chi connectivity index (χ0v) is 9.77. The SMILES string of the molecule is C=C.Cc1ccnc(-c2ccccn2)c1C. The van der Waals surface area contributed by atoms with E-state index in [1.54, 1.807) is 6.20 Å². The smallest absolute Gasteiger partial charge is 0.0917 e. The van der Waals surface area contributed by atoms with Gasteiger partial charge in [-0.3, -0.25) is 9.97 Å². The van der Waals surface area contributed by atoms with Gasteiger partial charge in [0.1, 0.15) is 0 Å². The number of pyridine rings is 2. The van der Waals surface area contributed by atoms with Gasteiger partial charge in [-0.05, 0) is 43.2 Å².